The van der Waals surface area contributed by atoms with Gasteiger partial charge >= 0.3 is 0 Å². The summed E-state index contributed by atoms with van der Waals surface area (Å²) in [5.41, 5.74) is 2.96. The molecule has 0 aliphatic carbocycles. The number of aromatic nitrogens is 3. The molecule has 3 heterocycles. The molecule has 2 aromatic carbocycles. The quantitative estimate of drug-likeness (QED) is 0.412. The average molecular weight is 425 g/mol. The minimum Gasteiger partial charge on any atom is -0.457 e. The number of carbonyl (C=O) groups excluding carboxylic acids is 1. The highest BCUT2D eigenvalue weighted by Crippen LogP contribution is 2.31. The van der Waals surface area contributed by atoms with E-state index in [1.54, 1.807) is 6.20 Å². The second-order valence-electron chi connectivity index (χ2n) is 8.01. The van der Waals surface area contributed by atoms with Gasteiger partial charge in [-0.1, -0.05) is 24.8 Å². The van der Waals surface area contributed by atoms with Crippen LogP contribution in [0.1, 0.15) is 6.42 Å². The Kier molecular flexibility index (Phi) is 5.42. The predicted octanol–water partition coefficient (Wildman–Crippen LogP) is 4.93. The number of nitrogens with zero attached hydrogens (tertiary/aromatic N) is 4. The van der Waals surface area contributed by atoms with Crippen molar-refractivity contribution in [3.05, 3.63) is 85.7 Å². The number of amides is 1. The Morgan fingerprint density at radius 3 is 2.66 bits per heavy atom. The van der Waals surface area contributed by atoms with Gasteiger partial charge in [0.2, 0.25) is 5.91 Å². The second-order valence-corrected chi connectivity index (χ2v) is 8.01. The van der Waals surface area contributed by atoms with Crippen LogP contribution >= 0.6 is 0 Å². The summed E-state index contributed by atoms with van der Waals surface area (Å²) in [7, 11) is 0. The molecule has 1 saturated heterocycles. The summed E-state index contributed by atoms with van der Waals surface area (Å²) in [6.45, 7) is 5.86. The summed E-state index contributed by atoms with van der Waals surface area (Å²) in [6.07, 6.45) is 6.02. The van der Waals surface area contributed by atoms with Crippen LogP contribution in [0.25, 0.3) is 22.2 Å². The van der Waals surface area contributed by atoms with E-state index < -0.39 is 0 Å². The zero-order valence-electron chi connectivity index (χ0n) is 17.7. The van der Waals surface area contributed by atoms with Crippen molar-refractivity contribution in [3.8, 4) is 22.8 Å². The number of hydrogen-bond donors (Lipinski definition) is 0. The number of ether oxygens (including phenoxy) is 1. The minimum absolute atomic E-state index is 0.000485. The number of hydrogen-bond acceptors (Lipinski definition) is 4. The van der Waals surface area contributed by atoms with Crippen LogP contribution in [-0.4, -0.2) is 38.7 Å². The molecule has 160 valence electrons. The standard InChI is InChI=1S/C26H24N4O2/c1-2-25(31)29-15-13-19(17-29)18-30-24-12-14-27-16-23(24)26(28-30)20-8-10-22(11-9-20)32-21-6-4-3-5-7-21/h2-12,14,16,19H,1,13,15,17-18H2. The van der Waals surface area contributed by atoms with E-state index in [9.17, 15) is 4.79 Å². The Balaban J connectivity index is 1.39. The molecule has 0 spiro atoms. The number of para-hydroxylation sites is 1. The molecule has 6 nitrogen and oxygen atoms in total. The van der Waals surface area contributed by atoms with Crippen molar-refractivity contribution in [1.29, 1.82) is 0 Å². The van der Waals surface area contributed by atoms with Crippen LogP contribution in [0, 0.1) is 5.92 Å². The maximum absolute atomic E-state index is 11.9. The molecule has 4 aromatic rings. The van der Waals surface area contributed by atoms with Crippen LogP contribution in [0.3, 0.4) is 0 Å². The fourth-order valence-corrected chi connectivity index (χ4v) is 4.24. The topological polar surface area (TPSA) is 60.2 Å². The van der Waals surface area contributed by atoms with Crippen molar-refractivity contribution < 1.29 is 9.53 Å². The van der Waals surface area contributed by atoms with E-state index in [0.29, 0.717) is 5.92 Å². The molecular weight excluding hydrogens is 400 g/mol. The number of fused-ring (bicyclic) bond motifs is 1. The molecule has 1 aliphatic rings. The Bertz CT molecular complexity index is 1250. The molecule has 0 bridgehead atoms. The lowest BCUT2D eigenvalue weighted by Gasteiger charge is -2.14. The largest absolute Gasteiger partial charge is 0.457 e. The van der Waals surface area contributed by atoms with E-state index in [4.69, 9.17) is 9.84 Å². The van der Waals surface area contributed by atoms with Gasteiger partial charge in [0.05, 0.1) is 5.52 Å². The molecule has 1 unspecified atom stereocenters. The highest BCUT2D eigenvalue weighted by molar-refractivity contribution is 5.92. The first-order valence-corrected chi connectivity index (χ1v) is 10.8. The van der Waals surface area contributed by atoms with Gasteiger partial charge in [0.15, 0.2) is 0 Å². The van der Waals surface area contributed by atoms with Gasteiger partial charge in [-0.25, -0.2) is 0 Å². The Morgan fingerprint density at radius 1 is 1.09 bits per heavy atom. The Morgan fingerprint density at radius 2 is 1.88 bits per heavy atom. The lowest BCUT2D eigenvalue weighted by molar-refractivity contribution is -0.125. The van der Waals surface area contributed by atoms with Crippen molar-refractivity contribution in [3.63, 3.8) is 0 Å². The molecule has 0 N–H and O–H groups in total. The molecule has 6 heteroatoms. The van der Waals surface area contributed by atoms with Gasteiger partial charge in [-0.05, 0) is 60.9 Å². The van der Waals surface area contributed by atoms with E-state index in [1.165, 1.54) is 6.08 Å². The van der Waals surface area contributed by atoms with Crippen molar-refractivity contribution >= 4 is 16.8 Å². The Labute approximate surface area is 186 Å². The number of pyridine rings is 1. The Hall–Kier alpha value is -3.93. The first kappa shape index (κ1) is 20.0. The summed E-state index contributed by atoms with van der Waals surface area (Å²) in [5, 5.41) is 5.95. The molecule has 1 atom stereocenters. The van der Waals surface area contributed by atoms with Crippen LogP contribution in [0.2, 0.25) is 0 Å². The fraction of sp³-hybridized carbons (Fsp3) is 0.192. The van der Waals surface area contributed by atoms with E-state index in [2.05, 4.69) is 11.6 Å². The molecule has 5 rings (SSSR count). The first-order chi connectivity index (χ1) is 15.7. The van der Waals surface area contributed by atoms with Crippen LogP contribution in [-0.2, 0) is 11.3 Å². The predicted molar refractivity (Wildman–Crippen MR) is 124 cm³/mol. The number of rotatable bonds is 6. The van der Waals surface area contributed by atoms with Gasteiger partial charge in [0.1, 0.15) is 17.2 Å². The van der Waals surface area contributed by atoms with Crippen molar-refractivity contribution in [1.82, 2.24) is 19.7 Å². The minimum atomic E-state index is 0.000485. The molecule has 0 radical (unpaired) electrons. The van der Waals surface area contributed by atoms with E-state index in [1.807, 2.05) is 76.4 Å². The lowest BCUT2D eigenvalue weighted by Crippen LogP contribution is -2.27. The van der Waals surface area contributed by atoms with Crippen molar-refractivity contribution in [2.45, 2.75) is 13.0 Å². The van der Waals surface area contributed by atoms with Crippen molar-refractivity contribution in [2.24, 2.45) is 5.92 Å². The maximum atomic E-state index is 11.9. The third-order valence-electron chi connectivity index (χ3n) is 5.86. The fourth-order valence-electron chi connectivity index (χ4n) is 4.24. The smallest absolute Gasteiger partial charge is 0.245 e. The van der Waals surface area contributed by atoms with Gasteiger partial charge in [-0.3, -0.25) is 14.5 Å². The number of carbonyl (C=O) groups is 1. The van der Waals surface area contributed by atoms with Crippen LogP contribution in [0.4, 0.5) is 0 Å². The molecule has 1 fully saturated rings. The highest BCUT2D eigenvalue weighted by Gasteiger charge is 2.26. The third-order valence-corrected chi connectivity index (χ3v) is 5.86. The highest BCUT2D eigenvalue weighted by atomic mass is 16.5. The van der Waals surface area contributed by atoms with E-state index >= 15 is 0 Å². The molecule has 1 amide bonds. The molecule has 2 aromatic heterocycles. The van der Waals surface area contributed by atoms with E-state index in [0.717, 1.165) is 59.7 Å². The van der Waals surface area contributed by atoms with E-state index in [-0.39, 0.29) is 5.91 Å². The lowest BCUT2D eigenvalue weighted by atomic mass is 10.1. The summed E-state index contributed by atoms with van der Waals surface area (Å²) in [6, 6.07) is 19.7. The second kappa shape index (κ2) is 8.67. The van der Waals surface area contributed by atoms with Gasteiger partial charge in [-0.15, -0.1) is 0 Å². The maximum Gasteiger partial charge on any atom is 0.245 e. The van der Waals surface area contributed by atoms with Gasteiger partial charge < -0.3 is 9.64 Å². The normalized spacial score (nSPS) is 15.8. The zero-order chi connectivity index (χ0) is 21.9. The monoisotopic (exact) mass is 424 g/mol. The summed E-state index contributed by atoms with van der Waals surface area (Å²) in [5.74, 6) is 1.95. The van der Waals surface area contributed by atoms with Crippen LogP contribution in [0.5, 0.6) is 11.5 Å². The van der Waals surface area contributed by atoms with Gasteiger partial charge in [0.25, 0.3) is 0 Å². The molecule has 0 saturated carbocycles. The molecular formula is C26H24N4O2. The SMILES string of the molecule is C=CC(=O)N1CCC(Cn2nc(-c3ccc(Oc4ccccc4)cc3)c3cnccc32)C1. The molecule has 1 aliphatic heterocycles. The summed E-state index contributed by atoms with van der Waals surface area (Å²) >= 11 is 0. The number of likely N-dealkylation sites (tertiary alicyclic amines) is 1. The number of benzene rings is 2. The third kappa shape index (κ3) is 3.99. The van der Waals surface area contributed by atoms with Gasteiger partial charge in [-0.2, -0.15) is 5.10 Å². The summed E-state index contributed by atoms with van der Waals surface area (Å²) < 4.78 is 7.96. The van der Waals surface area contributed by atoms with Gasteiger partial charge in [0, 0.05) is 43.0 Å². The summed E-state index contributed by atoms with van der Waals surface area (Å²) in [4.78, 5) is 18.1. The average Bonchev–Trinajstić information content (AvgIpc) is 3.45. The van der Waals surface area contributed by atoms with Crippen LogP contribution in [0.15, 0.2) is 85.7 Å². The van der Waals surface area contributed by atoms with Crippen LogP contribution < -0.4 is 4.74 Å². The first-order valence-electron chi connectivity index (χ1n) is 10.8. The molecule has 32 heavy (non-hydrogen) atoms. The van der Waals surface area contributed by atoms with Crippen molar-refractivity contribution in [2.75, 3.05) is 13.1 Å². The zero-order valence-corrected chi connectivity index (χ0v) is 17.7.